The molecule has 2 aromatic rings. The first kappa shape index (κ1) is 22.6. The number of likely N-dealkylation sites (N-methyl/N-ethyl adjacent to an activating group) is 1. The molecule has 0 aliphatic rings. The fraction of sp³-hybridized carbons (Fsp3) is 0.471. The predicted octanol–water partition coefficient (Wildman–Crippen LogP) is 3.77. The molecular weight excluding hydrogens is 460 g/mol. The van der Waals surface area contributed by atoms with Gasteiger partial charge in [0.25, 0.3) is 0 Å². The van der Waals surface area contributed by atoms with Gasteiger partial charge in [-0.3, -0.25) is 9.89 Å². The summed E-state index contributed by atoms with van der Waals surface area (Å²) < 4.78 is 42.7. The maximum atomic E-state index is 12.3. The Bertz CT molecular complexity index is 684. The molecular formula is C17H24F3IN4O. The van der Waals surface area contributed by atoms with E-state index in [0.29, 0.717) is 12.5 Å². The lowest BCUT2D eigenvalue weighted by molar-refractivity contribution is -0.142. The predicted molar refractivity (Wildman–Crippen MR) is 108 cm³/mol. The van der Waals surface area contributed by atoms with Gasteiger partial charge in [0.05, 0.1) is 12.6 Å². The van der Waals surface area contributed by atoms with Crippen molar-refractivity contribution in [1.82, 2.24) is 15.5 Å². The molecule has 2 rings (SSSR count). The number of hydrogen-bond acceptors (Lipinski definition) is 3. The van der Waals surface area contributed by atoms with Crippen LogP contribution in [-0.4, -0.2) is 50.8 Å². The molecule has 1 atom stereocenters. The van der Waals surface area contributed by atoms with E-state index < -0.39 is 12.7 Å². The Hall–Kier alpha value is -1.49. The average Bonchev–Trinajstić information content (AvgIpc) is 2.96. The third-order valence-electron chi connectivity index (χ3n) is 3.68. The smallest absolute Gasteiger partial charge is 0.401 e. The van der Waals surface area contributed by atoms with Crippen LogP contribution in [0.5, 0.6) is 0 Å². The van der Waals surface area contributed by atoms with Crippen LogP contribution in [0.2, 0.25) is 0 Å². The van der Waals surface area contributed by atoms with E-state index in [1.807, 2.05) is 37.3 Å². The number of fused-ring (bicyclic) bond motifs is 1. The Morgan fingerprint density at radius 1 is 1.31 bits per heavy atom. The monoisotopic (exact) mass is 484 g/mol. The maximum absolute atomic E-state index is 12.3. The first-order chi connectivity index (χ1) is 11.8. The summed E-state index contributed by atoms with van der Waals surface area (Å²) in [6.45, 7) is 1.59. The Kier molecular flexibility index (Phi) is 8.68. The fourth-order valence-electron chi connectivity index (χ4n) is 2.44. The van der Waals surface area contributed by atoms with E-state index in [2.05, 4.69) is 15.6 Å². The van der Waals surface area contributed by atoms with Crippen molar-refractivity contribution >= 4 is 40.9 Å². The van der Waals surface area contributed by atoms with Gasteiger partial charge in [-0.15, -0.1) is 24.0 Å². The zero-order valence-corrected chi connectivity index (χ0v) is 17.3. The van der Waals surface area contributed by atoms with Gasteiger partial charge in [0.1, 0.15) is 11.3 Å². The van der Waals surface area contributed by atoms with Gasteiger partial charge in [-0.05, 0) is 26.1 Å². The SMILES string of the molecule is CN=C(NCCN(C)CC(F)(F)F)NC(C)c1cc2ccccc2o1.I. The molecule has 0 bridgehead atoms. The van der Waals surface area contributed by atoms with E-state index in [1.54, 1.807) is 7.05 Å². The number of hydrogen-bond donors (Lipinski definition) is 2. The number of nitrogens with zero attached hydrogens (tertiary/aromatic N) is 2. The summed E-state index contributed by atoms with van der Waals surface area (Å²) in [6, 6.07) is 9.54. The van der Waals surface area contributed by atoms with Crippen LogP contribution in [0.15, 0.2) is 39.7 Å². The third-order valence-corrected chi connectivity index (χ3v) is 3.68. The van der Waals surface area contributed by atoms with Gasteiger partial charge >= 0.3 is 6.18 Å². The van der Waals surface area contributed by atoms with Gasteiger partial charge in [0.2, 0.25) is 0 Å². The largest absolute Gasteiger partial charge is 0.459 e. The molecule has 26 heavy (non-hydrogen) atoms. The number of nitrogens with one attached hydrogen (secondary N) is 2. The van der Waals surface area contributed by atoms with Crippen molar-refractivity contribution in [2.45, 2.75) is 19.1 Å². The van der Waals surface area contributed by atoms with Crippen molar-refractivity contribution in [1.29, 1.82) is 0 Å². The number of guanidine groups is 1. The topological polar surface area (TPSA) is 52.8 Å². The standard InChI is InChI=1S/C17H23F3N4O.HI/c1-12(15-10-13-6-4-5-7-14(13)25-15)23-16(21-2)22-8-9-24(3)11-17(18,19)20;/h4-7,10,12H,8-9,11H2,1-3H3,(H2,21,22,23);1H. The first-order valence-electron chi connectivity index (χ1n) is 7.99. The van der Waals surface area contributed by atoms with Crippen LogP contribution in [-0.2, 0) is 0 Å². The second-order valence-electron chi connectivity index (χ2n) is 5.90. The Morgan fingerprint density at radius 2 is 2.00 bits per heavy atom. The van der Waals surface area contributed by atoms with Gasteiger partial charge in [0, 0.05) is 25.5 Å². The summed E-state index contributed by atoms with van der Waals surface area (Å²) in [5.74, 6) is 1.27. The summed E-state index contributed by atoms with van der Waals surface area (Å²) in [5.41, 5.74) is 0.808. The second-order valence-corrected chi connectivity index (χ2v) is 5.90. The minimum atomic E-state index is -4.19. The van der Waals surface area contributed by atoms with Crippen molar-refractivity contribution in [3.8, 4) is 0 Å². The number of rotatable bonds is 6. The average molecular weight is 484 g/mol. The molecule has 1 aromatic heterocycles. The van der Waals surface area contributed by atoms with Crippen LogP contribution in [0.1, 0.15) is 18.7 Å². The molecule has 1 aromatic carbocycles. The summed E-state index contributed by atoms with van der Waals surface area (Å²) in [7, 11) is 3.04. The summed E-state index contributed by atoms with van der Waals surface area (Å²) >= 11 is 0. The highest BCUT2D eigenvalue weighted by Crippen LogP contribution is 2.23. The van der Waals surface area contributed by atoms with Crippen molar-refractivity contribution in [2.75, 3.05) is 33.7 Å². The molecule has 2 N–H and O–H groups in total. The quantitative estimate of drug-likeness (QED) is 0.373. The Labute approximate surface area is 168 Å². The molecule has 0 saturated carbocycles. The second kappa shape index (κ2) is 10.0. The van der Waals surface area contributed by atoms with E-state index >= 15 is 0 Å². The van der Waals surface area contributed by atoms with Gasteiger partial charge in [0.15, 0.2) is 5.96 Å². The molecule has 0 amide bonds. The Morgan fingerprint density at radius 3 is 2.62 bits per heavy atom. The summed E-state index contributed by atoms with van der Waals surface area (Å²) in [5, 5.41) is 7.20. The minimum Gasteiger partial charge on any atom is -0.459 e. The van der Waals surface area contributed by atoms with Gasteiger partial charge < -0.3 is 15.1 Å². The fourth-order valence-corrected chi connectivity index (χ4v) is 2.44. The minimum absolute atomic E-state index is 0. The summed E-state index contributed by atoms with van der Waals surface area (Å²) in [4.78, 5) is 5.30. The molecule has 146 valence electrons. The number of aliphatic imine (C=N–C) groups is 1. The highest BCUT2D eigenvalue weighted by molar-refractivity contribution is 14.0. The first-order valence-corrected chi connectivity index (χ1v) is 7.99. The molecule has 0 aliphatic carbocycles. The van der Waals surface area contributed by atoms with Crippen LogP contribution in [0.25, 0.3) is 11.0 Å². The maximum Gasteiger partial charge on any atom is 0.401 e. The van der Waals surface area contributed by atoms with Crippen molar-refractivity contribution in [3.63, 3.8) is 0 Å². The highest BCUT2D eigenvalue weighted by Gasteiger charge is 2.28. The lowest BCUT2D eigenvalue weighted by atomic mass is 10.2. The van der Waals surface area contributed by atoms with E-state index in [-0.39, 0.29) is 36.6 Å². The highest BCUT2D eigenvalue weighted by atomic mass is 127. The molecule has 9 heteroatoms. The van der Waals surface area contributed by atoms with E-state index in [9.17, 15) is 13.2 Å². The van der Waals surface area contributed by atoms with E-state index in [4.69, 9.17) is 4.42 Å². The molecule has 1 heterocycles. The van der Waals surface area contributed by atoms with Crippen LogP contribution < -0.4 is 10.6 Å². The molecule has 0 radical (unpaired) electrons. The lowest BCUT2D eigenvalue weighted by Crippen LogP contribution is -2.43. The van der Waals surface area contributed by atoms with E-state index in [0.717, 1.165) is 16.7 Å². The van der Waals surface area contributed by atoms with Crippen LogP contribution >= 0.6 is 24.0 Å². The van der Waals surface area contributed by atoms with Crippen LogP contribution in [0.4, 0.5) is 13.2 Å². The zero-order chi connectivity index (χ0) is 18.4. The summed E-state index contributed by atoms with van der Waals surface area (Å²) in [6.07, 6.45) is -4.19. The van der Waals surface area contributed by atoms with Crippen molar-refractivity contribution in [2.24, 2.45) is 4.99 Å². The molecule has 0 saturated heterocycles. The zero-order valence-electron chi connectivity index (χ0n) is 14.9. The molecule has 0 fully saturated rings. The van der Waals surface area contributed by atoms with E-state index in [1.165, 1.54) is 11.9 Å². The number of para-hydroxylation sites is 1. The molecule has 0 aliphatic heterocycles. The number of halogens is 4. The Balaban J connectivity index is 0.00000338. The number of alkyl halides is 3. The molecule has 1 unspecified atom stereocenters. The normalized spacial score (nSPS) is 13.6. The van der Waals surface area contributed by atoms with Crippen molar-refractivity contribution < 1.29 is 17.6 Å². The van der Waals surface area contributed by atoms with Crippen LogP contribution in [0, 0.1) is 0 Å². The van der Waals surface area contributed by atoms with Gasteiger partial charge in [-0.2, -0.15) is 13.2 Å². The van der Waals surface area contributed by atoms with Gasteiger partial charge in [-0.25, -0.2) is 0 Å². The number of furan rings is 1. The van der Waals surface area contributed by atoms with Crippen LogP contribution in [0.3, 0.4) is 0 Å². The van der Waals surface area contributed by atoms with Crippen molar-refractivity contribution in [3.05, 3.63) is 36.1 Å². The van der Waals surface area contributed by atoms with Gasteiger partial charge in [-0.1, -0.05) is 18.2 Å². The molecule has 0 spiro atoms. The molecule has 5 nitrogen and oxygen atoms in total. The lowest BCUT2D eigenvalue weighted by Gasteiger charge is -2.20. The number of benzene rings is 1. The third kappa shape index (κ3) is 7.02.